The van der Waals surface area contributed by atoms with Gasteiger partial charge in [0, 0.05) is 11.4 Å². The highest BCUT2D eigenvalue weighted by atomic mass is 32.2. The number of nitrogens with zero attached hydrogens (tertiary/aromatic N) is 2. The van der Waals surface area contributed by atoms with Crippen LogP contribution in [0.5, 0.6) is 5.88 Å². The maximum absolute atomic E-state index is 13.0. The van der Waals surface area contributed by atoms with Gasteiger partial charge in [-0.05, 0) is 52.0 Å². The van der Waals surface area contributed by atoms with Crippen LogP contribution in [0.2, 0.25) is 0 Å². The van der Waals surface area contributed by atoms with Crippen molar-refractivity contribution in [2.75, 3.05) is 6.54 Å². The Morgan fingerprint density at radius 1 is 1.36 bits per heavy atom. The summed E-state index contributed by atoms with van der Waals surface area (Å²) in [5.74, 6) is -0.299. The molecule has 0 saturated carbocycles. The molecule has 0 aliphatic rings. The Labute approximate surface area is 150 Å². The predicted octanol–water partition coefficient (Wildman–Crippen LogP) is 3.71. The van der Waals surface area contributed by atoms with E-state index in [2.05, 4.69) is 10.4 Å². The lowest BCUT2D eigenvalue weighted by Gasteiger charge is -2.19. The Kier molecular flexibility index (Phi) is 5.94. The molecule has 0 bridgehead atoms. The minimum atomic E-state index is -0.562. The number of aromatic nitrogens is 2. The van der Waals surface area contributed by atoms with Gasteiger partial charge >= 0.3 is 6.09 Å². The van der Waals surface area contributed by atoms with Crippen LogP contribution in [0.25, 0.3) is 0 Å². The van der Waals surface area contributed by atoms with Crippen LogP contribution < -0.4 is 5.32 Å². The molecular formula is C17H22FN3O3S. The van der Waals surface area contributed by atoms with Gasteiger partial charge in [0.15, 0.2) is 0 Å². The van der Waals surface area contributed by atoms with Crippen molar-refractivity contribution in [3.05, 3.63) is 35.8 Å². The van der Waals surface area contributed by atoms with E-state index in [1.807, 2.05) is 0 Å². The van der Waals surface area contributed by atoms with E-state index in [1.54, 1.807) is 39.8 Å². The smallest absolute Gasteiger partial charge is 0.407 e. The first-order valence-corrected chi connectivity index (χ1v) is 8.64. The van der Waals surface area contributed by atoms with Crippen molar-refractivity contribution < 1.29 is 19.0 Å². The van der Waals surface area contributed by atoms with E-state index in [4.69, 9.17) is 4.74 Å². The van der Waals surface area contributed by atoms with Gasteiger partial charge in [-0.25, -0.2) is 13.9 Å². The average molecular weight is 367 g/mol. The van der Waals surface area contributed by atoms with Crippen LogP contribution in [0.15, 0.2) is 34.1 Å². The Bertz CT molecular complexity index is 739. The zero-order valence-electron chi connectivity index (χ0n) is 14.7. The molecule has 0 saturated heterocycles. The molecule has 0 fully saturated rings. The molecule has 0 aliphatic heterocycles. The Morgan fingerprint density at radius 3 is 2.60 bits per heavy atom. The van der Waals surface area contributed by atoms with Crippen LogP contribution in [-0.4, -0.2) is 33.1 Å². The summed E-state index contributed by atoms with van der Waals surface area (Å²) in [5.41, 5.74) is 0.0945. The van der Waals surface area contributed by atoms with Crippen molar-refractivity contribution in [2.45, 2.75) is 49.6 Å². The van der Waals surface area contributed by atoms with Gasteiger partial charge in [0.2, 0.25) is 5.88 Å². The number of carbonyl (C=O) groups excluding carboxylic acids is 1. The van der Waals surface area contributed by atoms with Crippen molar-refractivity contribution in [1.82, 2.24) is 15.1 Å². The summed E-state index contributed by atoms with van der Waals surface area (Å²) in [7, 11) is 0. The monoisotopic (exact) mass is 367 g/mol. The van der Waals surface area contributed by atoms with E-state index in [1.165, 1.54) is 28.6 Å². The molecule has 0 atom stereocenters. The zero-order chi connectivity index (χ0) is 18.6. The molecule has 2 aromatic rings. The number of hydrogen-bond acceptors (Lipinski definition) is 5. The molecule has 2 N–H and O–H groups in total. The molecular weight excluding hydrogens is 345 g/mol. The number of rotatable bonds is 5. The molecule has 0 unspecified atom stereocenters. The number of amides is 1. The SMILES string of the molecule is Cc1nn(CCNC(=O)OC(C)(C)C)c(O)c1Sc1ccc(F)cc1. The predicted molar refractivity (Wildman–Crippen MR) is 93.4 cm³/mol. The molecule has 136 valence electrons. The second-order valence-corrected chi connectivity index (χ2v) is 7.53. The molecule has 25 heavy (non-hydrogen) atoms. The number of aromatic hydroxyl groups is 1. The summed E-state index contributed by atoms with van der Waals surface area (Å²) >= 11 is 1.31. The maximum Gasteiger partial charge on any atom is 0.407 e. The van der Waals surface area contributed by atoms with E-state index in [-0.39, 0.29) is 18.2 Å². The molecule has 1 heterocycles. The summed E-state index contributed by atoms with van der Waals surface area (Å²) in [6.45, 7) is 7.71. The summed E-state index contributed by atoms with van der Waals surface area (Å²) in [5, 5.41) is 17.2. The minimum Gasteiger partial charge on any atom is -0.493 e. The quantitative estimate of drug-likeness (QED) is 0.842. The fraction of sp³-hybridized carbons (Fsp3) is 0.412. The Morgan fingerprint density at radius 2 is 2.00 bits per heavy atom. The molecule has 0 spiro atoms. The van der Waals surface area contributed by atoms with Crippen molar-refractivity contribution >= 4 is 17.9 Å². The van der Waals surface area contributed by atoms with E-state index in [0.717, 1.165) is 4.90 Å². The molecule has 1 amide bonds. The van der Waals surface area contributed by atoms with E-state index >= 15 is 0 Å². The van der Waals surface area contributed by atoms with Gasteiger partial charge in [-0.1, -0.05) is 11.8 Å². The van der Waals surface area contributed by atoms with Gasteiger partial charge in [-0.15, -0.1) is 0 Å². The van der Waals surface area contributed by atoms with Gasteiger partial charge in [-0.3, -0.25) is 0 Å². The number of halogens is 1. The van der Waals surface area contributed by atoms with Crippen molar-refractivity contribution in [1.29, 1.82) is 0 Å². The number of nitrogens with one attached hydrogen (secondary N) is 1. The maximum atomic E-state index is 13.0. The lowest BCUT2D eigenvalue weighted by atomic mass is 10.2. The van der Waals surface area contributed by atoms with Crippen molar-refractivity contribution in [3.63, 3.8) is 0 Å². The first-order chi connectivity index (χ1) is 11.7. The highest BCUT2D eigenvalue weighted by Crippen LogP contribution is 2.36. The standard InChI is InChI=1S/C17H22FN3O3S/c1-11-14(25-13-7-5-12(18)6-8-13)15(22)21(20-11)10-9-19-16(23)24-17(2,3)4/h5-8,22H,9-10H2,1-4H3,(H,19,23). The second kappa shape index (κ2) is 7.77. The third-order valence-electron chi connectivity index (χ3n) is 3.07. The normalized spacial score (nSPS) is 11.4. The number of aryl methyl sites for hydroxylation is 1. The van der Waals surface area contributed by atoms with Gasteiger partial charge in [0.1, 0.15) is 11.4 Å². The third-order valence-corrected chi connectivity index (χ3v) is 4.26. The fourth-order valence-electron chi connectivity index (χ4n) is 2.03. The van der Waals surface area contributed by atoms with Crippen molar-refractivity contribution in [3.8, 4) is 5.88 Å². The Hall–Kier alpha value is -2.22. The second-order valence-electron chi connectivity index (χ2n) is 6.45. The summed E-state index contributed by atoms with van der Waals surface area (Å²) in [6.07, 6.45) is -0.517. The first-order valence-electron chi connectivity index (χ1n) is 7.82. The average Bonchev–Trinajstić information content (AvgIpc) is 2.75. The molecule has 6 nitrogen and oxygen atoms in total. The molecule has 8 heteroatoms. The van der Waals surface area contributed by atoms with E-state index in [0.29, 0.717) is 17.1 Å². The lowest BCUT2D eigenvalue weighted by Crippen LogP contribution is -2.34. The largest absolute Gasteiger partial charge is 0.493 e. The van der Waals surface area contributed by atoms with Gasteiger partial charge in [-0.2, -0.15) is 5.10 Å². The van der Waals surface area contributed by atoms with Gasteiger partial charge in [0.25, 0.3) is 0 Å². The number of alkyl carbamates (subject to hydrolysis) is 1. The highest BCUT2D eigenvalue weighted by Gasteiger charge is 2.18. The van der Waals surface area contributed by atoms with Crippen LogP contribution in [-0.2, 0) is 11.3 Å². The first kappa shape index (κ1) is 19.1. The number of hydrogen-bond donors (Lipinski definition) is 2. The number of ether oxygens (including phenoxy) is 1. The topological polar surface area (TPSA) is 76.4 Å². The third kappa shape index (κ3) is 5.67. The van der Waals surface area contributed by atoms with Crippen LogP contribution in [0, 0.1) is 12.7 Å². The molecule has 1 aromatic heterocycles. The van der Waals surface area contributed by atoms with Crippen LogP contribution in [0.1, 0.15) is 26.5 Å². The Balaban J connectivity index is 1.97. The highest BCUT2D eigenvalue weighted by molar-refractivity contribution is 7.99. The molecule has 2 rings (SSSR count). The molecule has 0 radical (unpaired) electrons. The fourth-order valence-corrected chi connectivity index (χ4v) is 2.92. The van der Waals surface area contributed by atoms with E-state index < -0.39 is 11.7 Å². The van der Waals surface area contributed by atoms with Crippen LogP contribution in [0.3, 0.4) is 0 Å². The molecule has 1 aromatic carbocycles. The van der Waals surface area contributed by atoms with Crippen LogP contribution >= 0.6 is 11.8 Å². The van der Waals surface area contributed by atoms with Gasteiger partial charge < -0.3 is 15.2 Å². The molecule has 0 aliphatic carbocycles. The lowest BCUT2D eigenvalue weighted by molar-refractivity contribution is 0.0525. The van der Waals surface area contributed by atoms with E-state index in [9.17, 15) is 14.3 Å². The summed E-state index contributed by atoms with van der Waals surface area (Å²) < 4.78 is 19.5. The summed E-state index contributed by atoms with van der Waals surface area (Å²) in [4.78, 5) is 13.0. The number of carbonyl (C=O) groups is 1. The van der Waals surface area contributed by atoms with Crippen molar-refractivity contribution in [2.24, 2.45) is 0 Å². The zero-order valence-corrected chi connectivity index (χ0v) is 15.5. The minimum absolute atomic E-state index is 0.0119. The number of benzene rings is 1. The van der Waals surface area contributed by atoms with Gasteiger partial charge in [0.05, 0.1) is 17.1 Å². The summed E-state index contributed by atoms with van der Waals surface area (Å²) in [6, 6.07) is 6.01. The van der Waals surface area contributed by atoms with Crippen LogP contribution in [0.4, 0.5) is 9.18 Å².